The van der Waals surface area contributed by atoms with Gasteiger partial charge in [-0.15, -0.1) is 0 Å². The summed E-state index contributed by atoms with van der Waals surface area (Å²) >= 11 is 0. The van der Waals surface area contributed by atoms with Gasteiger partial charge < -0.3 is 24.1 Å². The molecule has 0 radical (unpaired) electrons. The second-order valence-electron chi connectivity index (χ2n) is 8.23. The number of amides is 1. The van der Waals surface area contributed by atoms with Gasteiger partial charge in [-0.3, -0.25) is 19.2 Å². The van der Waals surface area contributed by atoms with Crippen molar-refractivity contribution in [3.63, 3.8) is 0 Å². The SMILES string of the molecule is CC(C)C(=O)OC1C(C)OC(=O)C(NC(=O)c2co[nH]c2=O)COC(=O)[C@@H]1Cc1ccccc1. The van der Waals surface area contributed by atoms with Crippen molar-refractivity contribution in [3.8, 4) is 0 Å². The van der Waals surface area contributed by atoms with E-state index in [1.807, 2.05) is 23.4 Å². The van der Waals surface area contributed by atoms with Gasteiger partial charge in [-0.2, -0.15) is 5.16 Å². The molecule has 3 rings (SSSR count). The van der Waals surface area contributed by atoms with Crippen LogP contribution in [-0.2, 0) is 35.0 Å². The molecule has 11 nitrogen and oxygen atoms in total. The van der Waals surface area contributed by atoms with Crippen LogP contribution < -0.4 is 10.9 Å². The van der Waals surface area contributed by atoms with Crippen molar-refractivity contribution in [1.29, 1.82) is 0 Å². The molecule has 3 unspecified atom stereocenters. The second kappa shape index (κ2) is 10.8. The van der Waals surface area contributed by atoms with Gasteiger partial charge in [0, 0.05) is 0 Å². The Labute approximate surface area is 194 Å². The van der Waals surface area contributed by atoms with E-state index >= 15 is 0 Å². The number of aromatic amines is 1. The van der Waals surface area contributed by atoms with Crippen molar-refractivity contribution in [2.75, 3.05) is 6.61 Å². The van der Waals surface area contributed by atoms with Crippen molar-refractivity contribution in [3.05, 3.63) is 58.1 Å². The topological polar surface area (TPSA) is 154 Å². The molecule has 4 atom stereocenters. The van der Waals surface area contributed by atoms with E-state index < -0.39 is 66.1 Å². The minimum Gasteiger partial charge on any atom is -0.463 e. The Morgan fingerprint density at radius 1 is 1.15 bits per heavy atom. The number of benzene rings is 1. The fourth-order valence-electron chi connectivity index (χ4n) is 3.39. The third kappa shape index (κ3) is 5.91. The summed E-state index contributed by atoms with van der Waals surface area (Å²) in [6.45, 7) is 4.23. The number of esters is 3. The van der Waals surface area contributed by atoms with Gasteiger partial charge in [0.1, 0.15) is 30.5 Å². The number of carbonyl (C=O) groups is 4. The van der Waals surface area contributed by atoms with Crippen LogP contribution in [0.5, 0.6) is 0 Å². The van der Waals surface area contributed by atoms with Gasteiger partial charge in [-0.25, -0.2) is 4.79 Å². The minimum atomic E-state index is -1.40. The highest BCUT2D eigenvalue weighted by atomic mass is 16.6. The molecular formula is C23H26N2O9. The number of aromatic nitrogens is 1. The molecule has 1 amide bonds. The van der Waals surface area contributed by atoms with Crippen LogP contribution in [-0.4, -0.2) is 53.8 Å². The Morgan fingerprint density at radius 3 is 2.47 bits per heavy atom. The van der Waals surface area contributed by atoms with Gasteiger partial charge in [0.2, 0.25) is 0 Å². The molecule has 11 heteroatoms. The molecule has 34 heavy (non-hydrogen) atoms. The number of ether oxygens (including phenoxy) is 3. The van der Waals surface area contributed by atoms with Gasteiger partial charge in [-0.1, -0.05) is 44.2 Å². The minimum absolute atomic E-state index is 0.166. The summed E-state index contributed by atoms with van der Waals surface area (Å²) in [5.74, 6) is -4.58. The molecule has 2 aromatic rings. The highest BCUT2D eigenvalue weighted by molar-refractivity contribution is 5.96. The average molecular weight is 474 g/mol. The van der Waals surface area contributed by atoms with Gasteiger partial charge in [0.05, 0.1) is 5.92 Å². The first-order chi connectivity index (χ1) is 16.2. The van der Waals surface area contributed by atoms with Gasteiger partial charge in [-0.05, 0) is 18.9 Å². The predicted molar refractivity (Wildman–Crippen MR) is 115 cm³/mol. The molecule has 1 aromatic carbocycles. The lowest BCUT2D eigenvalue weighted by Gasteiger charge is -2.29. The Kier molecular flexibility index (Phi) is 7.87. The summed E-state index contributed by atoms with van der Waals surface area (Å²) in [6.07, 6.45) is -1.10. The zero-order valence-corrected chi connectivity index (χ0v) is 18.9. The highest BCUT2D eigenvalue weighted by Crippen LogP contribution is 2.24. The van der Waals surface area contributed by atoms with E-state index in [-0.39, 0.29) is 12.0 Å². The smallest absolute Gasteiger partial charge is 0.332 e. The van der Waals surface area contributed by atoms with Crippen LogP contribution in [0.25, 0.3) is 0 Å². The zero-order valence-electron chi connectivity index (χ0n) is 18.9. The first-order valence-corrected chi connectivity index (χ1v) is 10.8. The fourth-order valence-corrected chi connectivity index (χ4v) is 3.39. The Morgan fingerprint density at radius 2 is 1.85 bits per heavy atom. The summed E-state index contributed by atoms with van der Waals surface area (Å²) in [5, 5.41) is 4.27. The Hall–Kier alpha value is -3.89. The molecule has 2 heterocycles. The number of rotatable bonds is 6. The number of cyclic esters (lactones) is 2. The van der Waals surface area contributed by atoms with E-state index in [0.717, 1.165) is 11.8 Å². The van der Waals surface area contributed by atoms with Gasteiger partial charge >= 0.3 is 17.9 Å². The monoisotopic (exact) mass is 474 g/mol. The van der Waals surface area contributed by atoms with E-state index in [1.165, 1.54) is 6.92 Å². The molecule has 1 aromatic heterocycles. The van der Waals surface area contributed by atoms with E-state index in [4.69, 9.17) is 14.2 Å². The molecular weight excluding hydrogens is 448 g/mol. The van der Waals surface area contributed by atoms with Crippen LogP contribution in [0.3, 0.4) is 0 Å². The first kappa shape index (κ1) is 24.7. The summed E-state index contributed by atoms with van der Waals surface area (Å²) in [4.78, 5) is 62.2. The van der Waals surface area contributed by atoms with E-state index in [9.17, 15) is 24.0 Å². The molecule has 1 aliphatic heterocycles. The summed E-state index contributed by atoms with van der Waals surface area (Å²) < 4.78 is 21.0. The van der Waals surface area contributed by atoms with Crippen LogP contribution in [0.15, 0.2) is 45.9 Å². The Bertz CT molecular complexity index is 1090. The molecule has 182 valence electrons. The molecule has 0 saturated carbocycles. The number of hydrogen-bond donors (Lipinski definition) is 2. The molecule has 1 saturated heterocycles. The maximum atomic E-state index is 13.1. The summed E-state index contributed by atoms with van der Waals surface area (Å²) in [7, 11) is 0. The van der Waals surface area contributed by atoms with Crippen molar-refractivity contribution in [1.82, 2.24) is 10.5 Å². The number of carbonyl (C=O) groups excluding carboxylic acids is 4. The van der Waals surface area contributed by atoms with E-state index in [0.29, 0.717) is 0 Å². The van der Waals surface area contributed by atoms with Gasteiger partial charge in [0.25, 0.3) is 11.5 Å². The quantitative estimate of drug-likeness (QED) is 0.460. The summed E-state index contributed by atoms with van der Waals surface area (Å²) in [5.41, 5.74) is -0.363. The van der Waals surface area contributed by atoms with Crippen LogP contribution in [0.4, 0.5) is 0 Å². The maximum absolute atomic E-state index is 13.1. The number of nitrogens with one attached hydrogen (secondary N) is 2. The molecule has 0 aliphatic carbocycles. The molecule has 0 bridgehead atoms. The lowest BCUT2D eigenvalue weighted by atomic mass is 9.91. The summed E-state index contributed by atoms with van der Waals surface area (Å²) in [6, 6.07) is 7.65. The van der Waals surface area contributed by atoms with Crippen molar-refractivity contribution >= 4 is 23.8 Å². The van der Waals surface area contributed by atoms with E-state index in [1.54, 1.807) is 26.0 Å². The molecule has 1 fully saturated rings. The highest BCUT2D eigenvalue weighted by Gasteiger charge is 2.42. The maximum Gasteiger partial charge on any atom is 0.332 e. The van der Waals surface area contributed by atoms with Crippen LogP contribution in [0, 0.1) is 11.8 Å². The van der Waals surface area contributed by atoms with Crippen molar-refractivity contribution in [2.45, 2.75) is 45.4 Å². The Balaban J connectivity index is 1.87. The lowest BCUT2D eigenvalue weighted by molar-refractivity contribution is -0.176. The van der Waals surface area contributed by atoms with Crippen LogP contribution >= 0.6 is 0 Å². The largest absolute Gasteiger partial charge is 0.463 e. The first-order valence-electron chi connectivity index (χ1n) is 10.8. The molecule has 0 spiro atoms. The van der Waals surface area contributed by atoms with Crippen molar-refractivity contribution in [2.24, 2.45) is 11.8 Å². The number of H-pyrrole nitrogens is 1. The average Bonchev–Trinajstić information content (AvgIpc) is 3.25. The standard InChI is InChI=1S/C23H26N2O9/c1-12(2)21(28)34-18-13(3)33-23(30)17(24-19(26)16-10-32-25-20(16)27)11-31-22(29)15(18)9-14-7-5-4-6-8-14/h4-8,10,12-13,15,17-18H,9,11H2,1-3H3,(H,24,26)(H,25,27)/t13?,15-,17?,18?/m1/s1. The van der Waals surface area contributed by atoms with Crippen LogP contribution in [0.1, 0.15) is 36.7 Å². The van der Waals surface area contributed by atoms with Crippen LogP contribution in [0.2, 0.25) is 0 Å². The lowest BCUT2D eigenvalue weighted by Crippen LogP contribution is -2.47. The number of hydrogen-bond acceptors (Lipinski definition) is 9. The normalized spacial score (nSPS) is 23.2. The second-order valence-corrected chi connectivity index (χ2v) is 8.23. The van der Waals surface area contributed by atoms with Crippen molar-refractivity contribution < 1.29 is 37.9 Å². The van der Waals surface area contributed by atoms with E-state index in [2.05, 4.69) is 9.84 Å². The molecule has 2 N–H and O–H groups in total. The molecule has 1 aliphatic rings. The van der Waals surface area contributed by atoms with Gasteiger partial charge in [0.15, 0.2) is 12.1 Å². The third-order valence-electron chi connectivity index (χ3n) is 5.29. The zero-order chi connectivity index (χ0) is 24.8. The fraction of sp³-hybridized carbons (Fsp3) is 0.435. The third-order valence-corrected chi connectivity index (χ3v) is 5.29. The predicted octanol–water partition coefficient (Wildman–Crippen LogP) is 0.982.